The monoisotopic (exact) mass is 334 g/mol. The first-order chi connectivity index (χ1) is 12.2. The Kier molecular flexibility index (Phi) is 4.06. The molecule has 128 valence electrons. The number of fused-ring (bicyclic) bond motifs is 2. The van der Waals surface area contributed by atoms with Gasteiger partial charge in [-0.2, -0.15) is 0 Å². The van der Waals surface area contributed by atoms with E-state index in [0.29, 0.717) is 12.2 Å². The molecule has 1 atom stereocenters. The minimum atomic E-state index is -0.875. The number of aromatic carboxylic acids is 1. The quantitative estimate of drug-likeness (QED) is 0.757. The summed E-state index contributed by atoms with van der Waals surface area (Å²) in [5.41, 5.74) is 4.96. The molecule has 0 unspecified atom stereocenters. The molecule has 1 aromatic heterocycles. The van der Waals surface area contributed by atoms with Crippen LogP contribution in [0.4, 0.5) is 0 Å². The van der Waals surface area contributed by atoms with Crippen molar-refractivity contribution in [2.24, 2.45) is 7.05 Å². The number of nitrogens with one attached hydrogen (secondary N) is 1. The SMILES string of the molecule is Cn1c(C(=O)O)c(CN[C@H]2CCCc3ccccc32)c2ccccc21. The van der Waals surface area contributed by atoms with E-state index < -0.39 is 5.97 Å². The number of hydrogen-bond donors (Lipinski definition) is 2. The summed E-state index contributed by atoms with van der Waals surface area (Å²) in [4.78, 5) is 11.8. The molecule has 4 heteroatoms. The van der Waals surface area contributed by atoms with Crippen LogP contribution in [-0.2, 0) is 20.0 Å². The summed E-state index contributed by atoms with van der Waals surface area (Å²) in [6.45, 7) is 0.558. The standard InChI is InChI=1S/C21H22N2O2/c1-23-19-12-5-4-10-16(19)17(20(23)21(24)25)13-22-18-11-6-8-14-7-2-3-9-15(14)18/h2-5,7,9-10,12,18,22H,6,8,11,13H2,1H3,(H,24,25)/t18-/m0/s1. The molecule has 3 aromatic rings. The molecule has 2 N–H and O–H groups in total. The van der Waals surface area contributed by atoms with Crippen LogP contribution in [0.25, 0.3) is 10.9 Å². The second-order valence-electron chi connectivity index (χ2n) is 6.73. The van der Waals surface area contributed by atoms with Crippen molar-refractivity contribution >= 4 is 16.9 Å². The van der Waals surface area contributed by atoms with Gasteiger partial charge in [-0.15, -0.1) is 0 Å². The van der Waals surface area contributed by atoms with Gasteiger partial charge in [0.25, 0.3) is 0 Å². The molecule has 0 radical (unpaired) electrons. The lowest BCUT2D eigenvalue weighted by Crippen LogP contribution is -2.25. The van der Waals surface area contributed by atoms with Crippen molar-refractivity contribution < 1.29 is 9.90 Å². The molecule has 1 aliphatic carbocycles. The van der Waals surface area contributed by atoms with E-state index in [1.807, 2.05) is 31.3 Å². The third-order valence-corrected chi connectivity index (χ3v) is 5.31. The van der Waals surface area contributed by atoms with Crippen molar-refractivity contribution in [3.8, 4) is 0 Å². The van der Waals surface area contributed by atoms with Gasteiger partial charge >= 0.3 is 5.97 Å². The molecule has 0 saturated carbocycles. The summed E-state index contributed by atoms with van der Waals surface area (Å²) < 4.78 is 1.78. The first-order valence-electron chi connectivity index (χ1n) is 8.77. The highest BCUT2D eigenvalue weighted by atomic mass is 16.4. The first kappa shape index (κ1) is 15.9. The fourth-order valence-electron chi connectivity index (χ4n) is 4.11. The van der Waals surface area contributed by atoms with Gasteiger partial charge < -0.3 is 15.0 Å². The fraction of sp³-hybridized carbons (Fsp3) is 0.286. The third kappa shape index (κ3) is 2.72. The van der Waals surface area contributed by atoms with Crippen LogP contribution in [0.1, 0.15) is 46.1 Å². The lowest BCUT2D eigenvalue weighted by Gasteiger charge is -2.26. The van der Waals surface area contributed by atoms with Crippen LogP contribution >= 0.6 is 0 Å². The Bertz CT molecular complexity index is 942. The van der Waals surface area contributed by atoms with E-state index in [1.165, 1.54) is 11.1 Å². The Morgan fingerprint density at radius 3 is 2.80 bits per heavy atom. The average Bonchev–Trinajstić information content (AvgIpc) is 2.92. The molecule has 0 amide bonds. The second kappa shape index (κ2) is 6.37. The van der Waals surface area contributed by atoms with Crippen molar-refractivity contribution in [3.05, 3.63) is 70.9 Å². The molecule has 2 aromatic carbocycles. The Morgan fingerprint density at radius 2 is 1.96 bits per heavy atom. The molecule has 0 aliphatic heterocycles. The van der Waals surface area contributed by atoms with Crippen molar-refractivity contribution in [1.29, 1.82) is 0 Å². The predicted octanol–water partition coefficient (Wildman–Crippen LogP) is 4.04. The minimum Gasteiger partial charge on any atom is -0.477 e. The first-order valence-corrected chi connectivity index (χ1v) is 8.77. The van der Waals surface area contributed by atoms with Gasteiger partial charge in [0.2, 0.25) is 0 Å². The third-order valence-electron chi connectivity index (χ3n) is 5.31. The lowest BCUT2D eigenvalue weighted by atomic mass is 9.87. The molecule has 0 fully saturated rings. The number of nitrogens with zero attached hydrogens (tertiary/aromatic N) is 1. The molecular weight excluding hydrogens is 312 g/mol. The smallest absolute Gasteiger partial charge is 0.352 e. The summed E-state index contributed by atoms with van der Waals surface area (Å²) in [5, 5.41) is 14.3. The Balaban J connectivity index is 1.68. The largest absolute Gasteiger partial charge is 0.477 e. The van der Waals surface area contributed by atoms with Gasteiger partial charge in [0.15, 0.2) is 0 Å². The van der Waals surface area contributed by atoms with E-state index in [1.54, 1.807) is 4.57 Å². The van der Waals surface area contributed by atoms with Crippen LogP contribution < -0.4 is 5.32 Å². The van der Waals surface area contributed by atoms with Crippen LogP contribution in [0.15, 0.2) is 48.5 Å². The summed E-state index contributed by atoms with van der Waals surface area (Å²) in [5.74, 6) is -0.875. The highest BCUT2D eigenvalue weighted by Crippen LogP contribution is 2.31. The van der Waals surface area contributed by atoms with E-state index in [2.05, 4.69) is 29.6 Å². The summed E-state index contributed by atoms with van der Waals surface area (Å²) >= 11 is 0. The van der Waals surface area contributed by atoms with Gasteiger partial charge in [0.05, 0.1) is 0 Å². The molecule has 0 bridgehead atoms. The zero-order valence-electron chi connectivity index (χ0n) is 14.3. The van der Waals surface area contributed by atoms with Gasteiger partial charge in [-0.1, -0.05) is 42.5 Å². The number of carboxylic acid groups (broad SMARTS) is 1. The van der Waals surface area contributed by atoms with Crippen LogP contribution in [0.5, 0.6) is 0 Å². The zero-order valence-corrected chi connectivity index (χ0v) is 14.3. The summed E-state index contributed by atoms with van der Waals surface area (Å²) in [7, 11) is 1.82. The molecular formula is C21H22N2O2. The van der Waals surface area contributed by atoms with Crippen molar-refractivity contribution in [2.45, 2.75) is 31.8 Å². The Morgan fingerprint density at radius 1 is 1.20 bits per heavy atom. The summed E-state index contributed by atoms with van der Waals surface area (Å²) in [6.07, 6.45) is 3.38. The number of para-hydroxylation sites is 1. The number of rotatable bonds is 4. The van der Waals surface area contributed by atoms with Crippen LogP contribution in [0.2, 0.25) is 0 Å². The maximum absolute atomic E-state index is 11.8. The molecule has 4 nitrogen and oxygen atoms in total. The zero-order chi connectivity index (χ0) is 17.4. The Labute approximate surface area is 147 Å². The molecule has 0 saturated heterocycles. The Hall–Kier alpha value is -2.59. The van der Waals surface area contributed by atoms with Crippen molar-refractivity contribution in [1.82, 2.24) is 9.88 Å². The van der Waals surface area contributed by atoms with Gasteiger partial charge in [0, 0.05) is 36.1 Å². The number of hydrogen-bond acceptors (Lipinski definition) is 2. The lowest BCUT2D eigenvalue weighted by molar-refractivity contribution is 0.0685. The van der Waals surface area contributed by atoms with Crippen molar-refractivity contribution in [2.75, 3.05) is 0 Å². The minimum absolute atomic E-state index is 0.283. The second-order valence-corrected chi connectivity index (χ2v) is 6.73. The number of carboxylic acids is 1. The van der Waals surface area contributed by atoms with E-state index in [-0.39, 0.29) is 6.04 Å². The van der Waals surface area contributed by atoms with Gasteiger partial charge in [-0.3, -0.25) is 0 Å². The fourth-order valence-corrected chi connectivity index (χ4v) is 4.11. The molecule has 4 rings (SSSR count). The van der Waals surface area contributed by atoms with Gasteiger partial charge in [-0.25, -0.2) is 4.79 Å². The highest BCUT2D eigenvalue weighted by Gasteiger charge is 2.23. The molecule has 1 aliphatic rings. The number of benzene rings is 2. The normalized spacial score (nSPS) is 16.8. The predicted molar refractivity (Wildman–Crippen MR) is 98.8 cm³/mol. The maximum Gasteiger partial charge on any atom is 0.352 e. The van der Waals surface area contributed by atoms with E-state index in [4.69, 9.17) is 0 Å². The van der Waals surface area contributed by atoms with Gasteiger partial charge in [-0.05, 0) is 36.5 Å². The van der Waals surface area contributed by atoms with Crippen LogP contribution in [-0.4, -0.2) is 15.6 Å². The average molecular weight is 334 g/mol. The number of carbonyl (C=O) groups is 1. The van der Waals surface area contributed by atoms with E-state index in [0.717, 1.165) is 35.7 Å². The number of aryl methyl sites for hydroxylation is 2. The summed E-state index contributed by atoms with van der Waals surface area (Å²) in [6, 6.07) is 16.7. The van der Waals surface area contributed by atoms with Gasteiger partial charge in [0.1, 0.15) is 5.69 Å². The number of aromatic nitrogens is 1. The van der Waals surface area contributed by atoms with Crippen molar-refractivity contribution in [3.63, 3.8) is 0 Å². The highest BCUT2D eigenvalue weighted by molar-refractivity contribution is 5.98. The maximum atomic E-state index is 11.8. The van der Waals surface area contributed by atoms with E-state index in [9.17, 15) is 9.90 Å². The topological polar surface area (TPSA) is 54.3 Å². The molecule has 1 heterocycles. The molecule has 25 heavy (non-hydrogen) atoms. The van der Waals surface area contributed by atoms with E-state index >= 15 is 0 Å². The molecule has 0 spiro atoms. The van der Waals surface area contributed by atoms with Crippen LogP contribution in [0, 0.1) is 0 Å². The van der Waals surface area contributed by atoms with Crippen LogP contribution in [0.3, 0.4) is 0 Å².